The van der Waals surface area contributed by atoms with Crippen LogP contribution >= 0.6 is 0 Å². The summed E-state index contributed by atoms with van der Waals surface area (Å²) in [6, 6.07) is 14.7. The van der Waals surface area contributed by atoms with E-state index in [2.05, 4.69) is 60.6 Å². The number of hydrogen-bond acceptors (Lipinski definition) is 1. The van der Waals surface area contributed by atoms with Crippen molar-refractivity contribution in [2.45, 2.75) is 13.3 Å². The van der Waals surface area contributed by atoms with Crippen LogP contribution in [0.3, 0.4) is 0 Å². The summed E-state index contributed by atoms with van der Waals surface area (Å²) in [5, 5.41) is 2.46. The van der Waals surface area contributed by atoms with E-state index in [-0.39, 0.29) is 0 Å². The molecule has 0 saturated carbocycles. The van der Waals surface area contributed by atoms with Crippen LogP contribution in [0.1, 0.15) is 13.3 Å². The molecule has 1 N–H and O–H groups in total. The van der Waals surface area contributed by atoms with E-state index in [0.29, 0.717) is 0 Å². The third-order valence-electron chi connectivity index (χ3n) is 3.17. The van der Waals surface area contributed by atoms with E-state index >= 15 is 0 Å². The highest BCUT2D eigenvalue weighted by Crippen LogP contribution is 2.34. The molecule has 95 valence electrons. The fraction of sp³-hybridized carbons (Fsp3) is 0.176. The van der Waals surface area contributed by atoms with Crippen molar-refractivity contribution in [1.29, 1.82) is 0 Å². The van der Waals surface area contributed by atoms with Crippen LogP contribution in [-0.4, -0.2) is 11.6 Å². The summed E-state index contributed by atoms with van der Waals surface area (Å²) in [6.07, 6.45) is 6.04. The third-order valence-corrected chi connectivity index (χ3v) is 3.17. The number of hydrogen-bond donors (Lipinski definition) is 1. The maximum atomic E-state index is 5.77. The lowest BCUT2D eigenvalue weighted by atomic mass is 10.00. The number of nitrogens with one attached hydrogen (secondary N) is 1. The molecular formula is C17H16NO. The van der Waals surface area contributed by atoms with Gasteiger partial charge in [-0.15, -0.1) is 0 Å². The fourth-order valence-electron chi connectivity index (χ4n) is 2.28. The first-order valence-electron chi connectivity index (χ1n) is 6.60. The molecule has 19 heavy (non-hydrogen) atoms. The first-order chi connectivity index (χ1) is 9.40. The van der Waals surface area contributed by atoms with Gasteiger partial charge in [-0.25, -0.2) is 0 Å². The lowest BCUT2D eigenvalue weighted by molar-refractivity contribution is 0.319. The van der Waals surface area contributed by atoms with Crippen LogP contribution in [0.5, 0.6) is 5.75 Å². The standard InChI is InChI=1S/C17H16NO/c1-2-10-19-17-12-18-11-16(17)15-9-5-7-13-6-3-4-8-14(13)15/h3-9,12,18H,2,10H2,1H3. The van der Waals surface area contributed by atoms with Crippen molar-refractivity contribution in [3.8, 4) is 16.9 Å². The molecule has 0 aliphatic heterocycles. The molecule has 1 aromatic heterocycles. The van der Waals surface area contributed by atoms with E-state index < -0.39 is 0 Å². The van der Waals surface area contributed by atoms with E-state index in [9.17, 15) is 0 Å². The Balaban J connectivity index is 2.12. The second-order valence-electron chi connectivity index (χ2n) is 4.53. The summed E-state index contributed by atoms with van der Waals surface area (Å²) in [4.78, 5) is 3.02. The van der Waals surface area contributed by atoms with Crippen LogP contribution in [0.15, 0.2) is 48.7 Å². The maximum absolute atomic E-state index is 5.77. The van der Waals surface area contributed by atoms with Gasteiger partial charge in [0.15, 0.2) is 0 Å². The smallest absolute Gasteiger partial charge is 0.145 e. The van der Waals surface area contributed by atoms with Crippen LogP contribution in [0, 0.1) is 6.20 Å². The Bertz CT molecular complexity index is 679. The summed E-state index contributed by atoms with van der Waals surface area (Å²) in [6.45, 7) is 2.83. The van der Waals surface area contributed by atoms with Crippen LogP contribution in [0.4, 0.5) is 0 Å². The highest BCUT2D eigenvalue weighted by atomic mass is 16.5. The van der Waals surface area contributed by atoms with Crippen molar-refractivity contribution in [2.75, 3.05) is 6.61 Å². The Morgan fingerprint density at radius 2 is 1.95 bits per heavy atom. The Hall–Kier alpha value is -2.22. The van der Waals surface area contributed by atoms with Crippen LogP contribution in [0.25, 0.3) is 21.9 Å². The van der Waals surface area contributed by atoms with Crippen molar-refractivity contribution in [3.05, 3.63) is 54.9 Å². The Labute approximate surface area is 113 Å². The number of aromatic amines is 1. The molecule has 0 fully saturated rings. The van der Waals surface area contributed by atoms with E-state index in [1.807, 2.05) is 6.20 Å². The van der Waals surface area contributed by atoms with Gasteiger partial charge < -0.3 is 9.72 Å². The summed E-state index contributed by atoms with van der Waals surface area (Å²) < 4.78 is 5.77. The van der Waals surface area contributed by atoms with Crippen molar-refractivity contribution < 1.29 is 4.74 Å². The highest BCUT2D eigenvalue weighted by molar-refractivity contribution is 5.97. The average Bonchev–Trinajstić information content (AvgIpc) is 2.92. The van der Waals surface area contributed by atoms with Gasteiger partial charge in [0.25, 0.3) is 0 Å². The average molecular weight is 250 g/mol. The number of aromatic nitrogens is 1. The Morgan fingerprint density at radius 1 is 1.11 bits per heavy atom. The molecule has 2 heteroatoms. The normalized spacial score (nSPS) is 10.8. The summed E-state index contributed by atoms with van der Waals surface area (Å²) in [5.41, 5.74) is 2.16. The van der Waals surface area contributed by atoms with Crippen molar-refractivity contribution in [3.63, 3.8) is 0 Å². The Kier molecular flexibility index (Phi) is 3.23. The van der Waals surface area contributed by atoms with Crippen molar-refractivity contribution >= 4 is 10.8 Å². The molecule has 0 bridgehead atoms. The number of rotatable bonds is 4. The summed E-state index contributed by atoms with van der Waals surface area (Å²) >= 11 is 0. The van der Waals surface area contributed by atoms with Gasteiger partial charge in [0.1, 0.15) is 5.75 Å². The molecule has 0 aliphatic carbocycles. The second kappa shape index (κ2) is 5.19. The highest BCUT2D eigenvalue weighted by Gasteiger charge is 2.10. The minimum atomic E-state index is 0.726. The third kappa shape index (κ3) is 2.22. The molecular weight excluding hydrogens is 234 g/mol. The maximum Gasteiger partial charge on any atom is 0.145 e. The van der Waals surface area contributed by atoms with Crippen LogP contribution < -0.4 is 4.74 Å². The van der Waals surface area contributed by atoms with E-state index in [1.54, 1.807) is 0 Å². The Morgan fingerprint density at radius 3 is 2.84 bits per heavy atom. The zero-order chi connectivity index (χ0) is 13.1. The van der Waals surface area contributed by atoms with Gasteiger partial charge in [-0.2, -0.15) is 0 Å². The van der Waals surface area contributed by atoms with Gasteiger partial charge in [-0.05, 0) is 22.8 Å². The topological polar surface area (TPSA) is 25.0 Å². The monoisotopic (exact) mass is 250 g/mol. The minimum Gasteiger partial charge on any atom is -0.491 e. The molecule has 0 saturated heterocycles. The van der Waals surface area contributed by atoms with Crippen molar-refractivity contribution in [2.24, 2.45) is 0 Å². The number of benzene rings is 2. The van der Waals surface area contributed by atoms with Gasteiger partial charge >= 0.3 is 0 Å². The van der Waals surface area contributed by atoms with Gasteiger partial charge in [0.05, 0.1) is 18.4 Å². The molecule has 1 radical (unpaired) electrons. The second-order valence-corrected chi connectivity index (χ2v) is 4.53. The molecule has 0 unspecified atom stereocenters. The molecule has 2 nitrogen and oxygen atoms in total. The lowest BCUT2D eigenvalue weighted by Gasteiger charge is -2.08. The molecule has 1 heterocycles. The molecule has 2 aromatic carbocycles. The van der Waals surface area contributed by atoms with E-state index in [0.717, 1.165) is 29.9 Å². The first kappa shape index (κ1) is 11.8. The summed E-state index contributed by atoms with van der Waals surface area (Å²) in [5.74, 6) is 0.873. The van der Waals surface area contributed by atoms with Crippen LogP contribution in [0.2, 0.25) is 0 Å². The first-order valence-corrected chi connectivity index (χ1v) is 6.60. The van der Waals surface area contributed by atoms with Gasteiger partial charge in [0, 0.05) is 6.20 Å². The zero-order valence-corrected chi connectivity index (χ0v) is 10.9. The molecule has 0 atom stereocenters. The quantitative estimate of drug-likeness (QED) is 0.728. The molecule has 3 rings (SSSR count). The number of ether oxygens (including phenoxy) is 1. The van der Waals surface area contributed by atoms with Gasteiger partial charge in [0.2, 0.25) is 0 Å². The van der Waals surface area contributed by atoms with Crippen LogP contribution in [-0.2, 0) is 0 Å². The van der Waals surface area contributed by atoms with Crippen molar-refractivity contribution in [1.82, 2.24) is 4.98 Å². The number of fused-ring (bicyclic) bond motifs is 1. The molecule has 0 aliphatic rings. The van der Waals surface area contributed by atoms with Gasteiger partial charge in [-0.3, -0.25) is 0 Å². The van der Waals surface area contributed by atoms with Gasteiger partial charge in [-0.1, -0.05) is 49.4 Å². The lowest BCUT2D eigenvalue weighted by Crippen LogP contribution is -1.95. The minimum absolute atomic E-state index is 0.726. The predicted octanol–water partition coefficient (Wildman–Crippen LogP) is 4.42. The molecule has 0 spiro atoms. The SMILES string of the molecule is CCCOc1c[nH][c]c1-c1cccc2ccccc12. The largest absolute Gasteiger partial charge is 0.491 e. The predicted molar refractivity (Wildman–Crippen MR) is 78.4 cm³/mol. The zero-order valence-electron chi connectivity index (χ0n) is 10.9. The number of H-pyrrole nitrogens is 1. The van der Waals surface area contributed by atoms with E-state index in [1.165, 1.54) is 10.8 Å². The summed E-state index contributed by atoms with van der Waals surface area (Å²) in [7, 11) is 0. The fourth-order valence-corrected chi connectivity index (χ4v) is 2.28. The molecule has 3 aromatic rings. The van der Waals surface area contributed by atoms with E-state index in [4.69, 9.17) is 4.74 Å². The molecule has 0 amide bonds.